The minimum Gasteiger partial charge on any atom is -0.507 e. The molecule has 0 amide bonds. The average molecular weight is 285 g/mol. The van der Waals surface area contributed by atoms with Gasteiger partial charge in [0.25, 0.3) is 0 Å². The minimum atomic E-state index is 0.301. The van der Waals surface area contributed by atoms with Crippen molar-refractivity contribution in [2.45, 2.75) is 0 Å². The molecule has 0 unspecified atom stereocenters. The van der Waals surface area contributed by atoms with E-state index < -0.39 is 0 Å². The molecule has 4 rings (SSSR count). The maximum Gasteiger partial charge on any atom is 0.125 e. The van der Waals surface area contributed by atoms with Crippen molar-refractivity contribution in [1.29, 1.82) is 0 Å². The molecule has 0 bridgehead atoms. The molecule has 0 aliphatic rings. The molecule has 0 fully saturated rings. The summed E-state index contributed by atoms with van der Waals surface area (Å²) in [7, 11) is 0. The highest BCUT2D eigenvalue weighted by Gasteiger charge is 2.17. The molecule has 106 valence electrons. The Morgan fingerprint density at radius 1 is 0.636 bits per heavy atom. The first-order valence-electron chi connectivity index (χ1n) is 7.29. The van der Waals surface area contributed by atoms with Gasteiger partial charge in [0, 0.05) is 10.9 Å². The first kappa shape index (κ1) is 12.7. The van der Waals surface area contributed by atoms with Crippen LogP contribution in [-0.2, 0) is 0 Å². The van der Waals surface area contributed by atoms with Crippen molar-refractivity contribution in [2.75, 3.05) is 0 Å². The van der Waals surface area contributed by atoms with Crippen LogP contribution in [0.1, 0.15) is 0 Å². The van der Waals surface area contributed by atoms with Gasteiger partial charge in [-0.1, -0.05) is 66.7 Å². The van der Waals surface area contributed by atoms with Gasteiger partial charge in [-0.15, -0.1) is 0 Å². The van der Waals surface area contributed by atoms with Crippen LogP contribution in [0, 0.1) is 0 Å². The molecule has 2 heteroatoms. The maximum atomic E-state index is 10.4. The number of aromatic nitrogens is 1. The van der Waals surface area contributed by atoms with E-state index in [1.54, 1.807) is 6.07 Å². The molecular formula is C20H15NO. The van der Waals surface area contributed by atoms with Crippen LogP contribution >= 0.6 is 0 Å². The molecule has 2 N–H and O–H groups in total. The van der Waals surface area contributed by atoms with E-state index >= 15 is 0 Å². The summed E-state index contributed by atoms with van der Waals surface area (Å²) in [5, 5.41) is 11.2. The van der Waals surface area contributed by atoms with Crippen LogP contribution in [0.15, 0.2) is 78.9 Å². The fourth-order valence-electron chi connectivity index (χ4n) is 2.94. The lowest BCUT2D eigenvalue weighted by atomic mass is 9.98. The molecule has 0 atom stereocenters. The zero-order valence-electron chi connectivity index (χ0n) is 12.0. The molecule has 1 aromatic heterocycles. The standard InChI is InChI=1S/C20H15NO/c22-17-13-7-12-16-19(17)18(14-8-3-1-4-9-14)20(21-16)15-10-5-2-6-11-15/h1-13,21-22H. The molecule has 0 saturated carbocycles. The number of hydrogen-bond acceptors (Lipinski definition) is 1. The van der Waals surface area contributed by atoms with Crippen molar-refractivity contribution in [3.05, 3.63) is 78.9 Å². The Labute approximate surface area is 128 Å². The number of phenolic OH excluding ortho intramolecular Hbond substituents is 1. The molecule has 0 radical (unpaired) electrons. The van der Waals surface area contributed by atoms with Crippen molar-refractivity contribution in [2.24, 2.45) is 0 Å². The van der Waals surface area contributed by atoms with Crippen molar-refractivity contribution in [3.63, 3.8) is 0 Å². The van der Waals surface area contributed by atoms with Crippen LogP contribution in [0.4, 0.5) is 0 Å². The van der Waals surface area contributed by atoms with Crippen LogP contribution in [0.25, 0.3) is 33.3 Å². The number of H-pyrrole nitrogens is 1. The van der Waals surface area contributed by atoms with Crippen molar-refractivity contribution in [1.82, 2.24) is 4.98 Å². The lowest BCUT2D eigenvalue weighted by molar-refractivity contribution is 0.482. The van der Waals surface area contributed by atoms with E-state index in [2.05, 4.69) is 29.2 Å². The molecule has 4 aromatic rings. The third-order valence-electron chi connectivity index (χ3n) is 3.93. The Balaban J connectivity index is 2.11. The van der Waals surface area contributed by atoms with E-state index in [4.69, 9.17) is 0 Å². The van der Waals surface area contributed by atoms with Gasteiger partial charge in [-0.05, 0) is 23.3 Å². The zero-order valence-corrected chi connectivity index (χ0v) is 12.0. The van der Waals surface area contributed by atoms with Crippen molar-refractivity contribution in [3.8, 4) is 28.1 Å². The Kier molecular flexibility index (Phi) is 2.94. The number of rotatable bonds is 2. The van der Waals surface area contributed by atoms with E-state index in [9.17, 15) is 5.11 Å². The number of aromatic amines is 1. The highest BCUT2D eigenvalue weighted by Crippen LogP contribution is 2.41. The van der Waals surface area contributed by atoms with E-state index in [1.165, 1.54) is 0 Å². The second kappa shape index (κ2) is 5.08. The van der Waals surface area contributed by atoms with Crippen molar-refractivity contribution >= 4 is 10.9 Å². The van der Waals surface area contributed by atoms with Gasteiger partial charge in [0.15, 0.2) is 0 Å². The highest BCUT2D eigenvalue weighted by atomic mass is 16.3. The zero-order chi connectivity index (χ0) is 14.9. The van der Waals surface area contributed by atoms with E-state index in [0.29, 0.717) is 5.75 Å². The third kappa shape index (κ3) is 1.97. The summed E-state index contributed by atoms with van der Waals surface area (Å²) < 4.78 is 0. The van der Waals surface area contributed by atoms with Gasteiger partial charge in [-0.25, -0.2) is 0 Å². The number of fused-ring (bicyclic) bond motifs is 1. The van der Waals surface area contributed by atoms with Gasteiger partial charge in [0.1, 0.15) is 5.75 Å². The molecule has 0 aliphatic heterocycles. The molecule has 22 heavy (non-hydrogen) atoms. The maximum absolute atomic E-state index is 10.4. The summed E-state index contributed by atoms with van der Waals surface area (Å²) in [6.45, 7) is 0. The SMILES string of the molecule is Oc1cccc2[nH]c(-c3ccccc3)c(-c3ccccc3)c12. The number of aromatic hydroxyl groups is 1. The Morgan fingerprint density at radius 2 is 1.27 bits per heavy atom. The fourth-order valence-corrected chi connectivity index (χ4v) is 2.94. The van der Waals surface area contributed by atoms with Crippen LogP contribution in [0.3, 0.4) is 0 Å². The topological polar surface area (TPSA) is 36.0 Å². The number of hydrogen-bond donors (Lipinski definition) is 2. The van der Waals surface area contributed by atoms with E-state index in [1.807, 2.05) is 48.5 Å². The lowest BCUT2D eigenvalue weighted by Gasteiger charge is -2.06. The molecule has 0 aliphatic carbocycles. The largest absolute Gasteiger partial charge is 0.507 e. The van der Waals surface area contributed by atoms with E-state index in [-0.39, 0.29) is 0 Å². The first-order valence-corrected chi connectivity index (χ1v) is 7.29. The smallest absolute Gasteiger partial charge is 0.125 e. The average Bonchev–Trinajstić information content (AvgIpc) is 2.97. The van der Waals surface area contributed by atoms with Gasteiger partial charge < -0.3 is 10.1 Å². The van der Waals surface area contributed by atoms with Gasteiger partial charge in [-0.2, -0.15) is 0 Å². The summed E-state index contributed by atoms with van der Waals surface area (Å²) in [5.41, 5.74) is 5.21. The highest BCUT2D eigenvalue weighted by molar-refractivity contribution is 6.06. The van der Waals surface area contributed by atoms with E-state index in [0.717, 1.165) is 33.3 Å². The molecular weight excluding hydrogens is 270 g/mol. The second-order valence-electron chi connectivity index (χ2n) is 5.31. The lowest BCUT2D eigenvalue weighted by Crippen LogP contribution is -1.82. The van der Waals surface area contributed by atoms with Gasteiger partial charge in [0.05, 0.1) is 11.2 Å². The normalized spacial score (nSPS) is 10.9. The monoisotopic (exact) mass is 285 g/mol. The van der Waals surface area contributed by atoms with Gasteiger partial charge in [-0.3, -0.25) is 0 Å². The predicted octanol–water partition coefficient (Wildman–Crippen LogP) is 5.21. The summed E-state index contributed by atoms with van der Waals surface area (Å²) in [6, 6.07) is 26.0. The minimum absolute atomic E-state index is 0.301. The Hall–Kier alpha value is -3.00. The number of phenols is 1. The molecule has 0 spiro atoms. The van der Waals surface area contributed by atoms with Crippen LogP contribution in [-0.4, -0.2) is 10.1 Å². The summed E-state index contributed by atoms with van der Waals surface area (Å²) in [4.78, 5) is 3.46. The van der Waals surface area contributed by atoms with Crippen LogP contribution < -0.4 is 0 Å². The number of nitrogens with one attached hydrogen (secondary N) is 1. The Morgan fingerprint density at radius 3 is 1.95 bits per heavy atom. The quantitative estimate of drug-likeness (QED) is 0.521. The first-order chi connectivity index (χ1) is 10.8. The second-order valence-corrected chi connectivity index (χ2v) is 5.31. The summed E-state index contributed by atoms with van der Waals surface area (Å²) in [5.74, 6) is 0.301. The Bertz CT molecular complexity index is 924. The van der Waals surface area contributed by atoms with Crippen LogP contribution in [0.5, 0.6) is 5.75 Å². The van der Waals surface area contributed by atoms with Gasteiger partial charge in [0.2, 0.25) is 0 Å². The van der Waals surface area contributed by atoms with Crippen molar-refractivity contribution < 1.29 is 5.11 Å². The van der Waals surface area contributed by atoms with Crippen LogP contribution in [0.2, 0.25) is 0 Å². The molecule has 3 aromatic carbocycles. The fraction of sp³-hybridized carbons (Fsp3) is 0. The summed E-state index contributed by atoms with van der Waals surface area (Å²) >= 11 is 0. The molecule has 1 heterocycles. The molecule has 0 saturated heterocycles. The van der Waals surface area contributed by atoms with Gasteiger partial charge >= 0.3 is 0 Å². The summed E-state index contributed by atoms with van der Waals surface area (Å²) in [6.07, 6.45) is 0. The predicted molar refractivity (Wildman–Crippen MR) is 90.8 cm³/mol. The number of benzene rings is 3. The third-order valence-corrected chi connectivity index (χ3v) is 3.93. The molecule has 2 nitrogen and oxygen atoms in total.